The zero-order valence-corrected chi connectivity index (χ0v) is 9.21. The van der Waals surface area contributed by atoms with Crippen molar-refractivity contribution >= 4 is 5.97 Å². The molecule has 0 amide bonds. The Kier molecular flexibility index (Phi) is 4.94. The Hall–Kier alpha value is -0.570. The molecule has 1 aliphatic carbocycles. The smallest absolute Gasteiger partial charge is 0.309 e. The molecule has 14 heavy (non-hydrogen) atoms. The summed E-state index contributed by atoms with van der Waals surface area (Å²) < 4.78 is 4.64. The van der Waals surface area contributed by atoms with Crippen molar-refractivity contribution in [3.8, 4) is 0 Å². The van der Waals surface area contributed by atoms with Gasteiger partial charge in [-0.3, -0.25) is 4.79 Å². The molecular weight excluding hydrogens is 178 g/mol. The van der Waals surface area contributed by atoms with Crippen LogP contribution in [0.15, 0.2) is 0 Å². The van der Waals surface area contributed by atoms with Crippen molar-refractivity contribution in [3.63, 3.8) is 0 Å². The summed E-state index contributed by atoms with van der Waals surface area (Å²) in [6, 6.07) is 0. The average Bonchev–Trinajstić information content (AvgIpc) is 2.13. The van der Waals surface area contributed by atoms with Crippen molar-refractivity contribution in [1.29, 1.82) is 0 Å². The minimum absolute atomic E-state index is 0.0265. The fourth-order valence-electron chi connectivity index (χ4n) is 1.69. The van der Waals surface area contributed by atoms with E-state index in [2.05, 4.69) is 10.1 Å². The van der Waals surface area contributed by atoms with E-state index in [0.717, 1.165) is 19.0 Å². The normalized spacial score (nSPS) is 18.7. The maximum absolute atomic E-state index is 11.0. The van der Waals surface area contributed by atoms with E-state index in [9.17, 15) is 4.79 Å². The highest BCUT2D eigenvalue weighted by Gasteiger charge is 2.17. The number of nitrogens with one attached hydrogen (secondary N) is 1. The van der Waals surface area contributed by atoms with E-state index in [1.165, 1.54) is 32.8 Å². The monoisotopic (exact) mass is 199 g/mol. The molecule has 1 fully saturated rings. The van der Waals surface area contributed by atoms with Gasteiger partial charge in [0, 0.05) is 6.54 Å². The van der Waals surface area contributed by atoms with E-state index in [4.69, 9.17) is 0 Å². The van der Waals surface area contributed by atoms with E-state index in [-0.39, 0.29) is 11.9 Å². The van der Waals surface area contributed by atoms with Gasteiger partial charge < -0.3 is 10.1 Å². The molecule has 3 nitrogen and oxygen atoms in total. The molecule has 0 aliphatic heterocycles. The lowest BCUT2D eigenvalue weighted by atomic mass is 9.83. The van der Waals surface area contributed by atoms with Crippen LogP contribution in [0.1, 0.15) is 32.6 Å². The number of methoxy groups -OCH3 is 1. The minimum Gasteiger partial charge on any atom is -0.469 e. The number of hydrogen-bond acceptors (Lipinski definition) is 3. The molecule has 1 rings (SSSR count). The number of esters is 1. The van der Waals surface area contributed by atoms with Crippen molar-refractivity contribution in [2.24, 2.45) is 11.8 Å². The van der Waals surface area contributed by atoms with Crippen molar-refractivity contribution in [1.82, 2.24) is 5.32 Å². The van der Waals surface area contributed by atoms with E-state index in [1.807, 2.05) is 6.92 Å². The van der Waals surface area contributed by atoms with Crippen molar-refractivity contribution < 1.29 is 9.53 Å². The topological polar surface area (TPSA) is 38.3 Å². The summed E-state index contributed by atoms with van der Waals surface area (Å²) in [5.74, 6) is 0.790. The second-order valence-electron chi connectivity index (χ2n) is 4.21. The standard InChI is InChI=1S/C11H21NO2/c1-9(11(13)14-2)8-12-7-6-10-4-3-5-10/h9-10,12H,3-8H2,1-2H3. The number of carbonyl (C=O) groups excluding carboxylic acids is 1. The summed E-state index contributed by atoms with van der Waals surface area (Å²) in [6.07, 6.45) is 5.46. The molecule has 1 N–H and O–H groups in total. The van der Waals surface area contributed by atoms with E-state index in [0.29, 0.717) is 0 Å². The third-order valence-electron chi connectivity index (χ3n) is 3.01. The van der Waals surface area contributed by atoms with E-state index < -0.39 is 0 Å². The Morgan fingerprint density at radius 3 is 2.79 bits per heavy atom. The molecule has 1 unspecified atom stereocenters. The van der Waals surface area contributed by atoms with Crippen LogP contribution in [0.3, 0.4) is 0 Å². The molecule has 1 saturated carbocycles. The number of ether oxygens (including phenoxy) is 1. The number of rotatable bonds is 6. The van der Waals surface area contributed by atoms with Crippen LogP contribution in [-0.2, 0) is 9.53 Å². The van der Waals surface area contributed by atoms with Crippen LogP contribution >= 0.6 is 0 Å². The van der Waals surface area contributed by atoms with Gasteiger partial charge in [-0.1, -0.05) is 26.2 Å². The third kappa shape index (κ3) is 3.66. The van der Waals surface area contributed by atoms with Gasteiger partial charge in [-0.05, 0) is 18.9 Å². The number of carbonyl (C=O) groups is 1. The molecule has 0 bridgehead atoms. The Morgan fingerprint density at radius 1 is 1.57 bits per heavy atom. The Balaban J connectivity index is 1.94. The zero-order chi connectivity index (χ0) is 10.4. The van der Waals surface area contributed by atoms with E-state index in [1.54, 1.807) is 0 Å². The van der Waals surface area contributed by atoms with Crippen LogP contribution in [0.5, 0.6) is 0 Å². The van der Waals surface area contributed by atoms with Crippen LogP contribution in [0.4, 0.5) is 0 Å². The molecule has 0 spiro atoms. The summed E-state index contributed by atoms with van der Waals surface area (Å²) >= 11 is 0. The summed E-state index contributed by atoms with van der Waals surface area (Å²) in [5.41, 5.74) is 0. The van der Waals surface area contributed by atoms with Gasteiger partial charge in [-0.2, -0.15) is 0 Å². The Labute approximate surface area is 86.2 Å². The van der Waals surface area contributed by atoms with Gasteiger partial charge >= 0.3 is 5.97 Å². The highest BCUT2D eigenvalue weighted by Crippen LogP contribution is 2.28. The third-order valence-corrected chi connectivity index (χ3v) is 3.01. The highest BCUT2D eigenvalue weighted by molar-refractivity contribution is 5.71. The first kappa shape index (κ1) is 11.5. The largest absolute Gasteiger partial charge is 0.469 e. The first-order valence-corrected chi connectivity index (χ1v) is 5.52. The summed E-state index contributed by atoms with van der Waals surface area (Å²) in [6.45, 7) is 3.66. The molecule has 1 atom stereocenters. The van der Waals surface area contributed by atoms with Gasteiger partial charge in [0.05, 0.1) is 13.0 Å². The lowest BCUT2D eigenvalue weighted by Crippen LogP contribution is -2.29. The first-order chi connectivity index (χ1) is 6.74. The molecular formula is C11H21NO2. The molecule has 0 heterocycles. The van der Waals surface area contributed by atoms with Gasteiger partial charge in [-0.25, -0.2) is 0 Å². The molecule has 0 saturated heterocycles. The molecule has 0 aromatic heterocycles. The lowest BCUT2D eigenvalue weighted by Gasteiger charge is -2.25. The Morgan fingerprint density at radius 2 is 2.29 bits per heavy atom. The highest BCUT2D eigenvalue weighted by atomic mass is 16.5. The SMILES string of the molecule is COC(=O)C(C)CNCCC1CCC1. The second kappa shape index (κ2) is 6.02. The van der Waals surface area contributed by atoms with Gasteiger partial charge in [0.15, 0.2) is 0 Å². The lowest BCUT2D eigenvalue weighted by molar-refractivity contribution is -0.144. The van der Waals surface area contributed by atoms with Gasteiger partial charge in [0.25, 0.3) is 0 Å². The predicted molar refractivity (Wildman–Crippen MR) is 56.0 cm³/mol. The summed E-state index contributed by atoms with van der Waals surface area (Å²) in [7, 11) is 1.44. The molecule has 0 aromatic rings. The van der Waals surface area contributed by atoms with Gasteiger partial charge in [0.2, 0.25) is 0 Å². The number of hydrogen-bond donors (Lipinski definition) is 1. The summed E-state index contributed by atoms with van der Waals surface area (Å²) in [5, 5.41) is 3.30. The first-order valence-electron chi connectivity index (χ1n) is 5.52. The minimum atomic E-state index is -0.124. The van der Waals surface area contributed by atoms with Crippen LogP contribution in [0, 0.1) is 11.8 Å². The van der Waals surface area contributed by atoms with Gasteiger partial charge in [0.1, 0.15) is 0 Å². The van der Waals surface area contributed by atoms with Gasteiger partial charge in [-0.15, -0.1) is 0 Å². The Bertz CT molecular complexity index is 178. The molecule has 0 aromatic carbocycles. The van der Waals surface area contributed by atoms with Crippen molar-refractivity contribution in [2.75, 3.05) is 20.2 Å². The maximum atomic E-state index is 11.0. The van der Waals surface area contributed by atoms with Crippen LogP contribution in [0.25, 0.3) is 0 Å². The predicted octanol–water partition coefficient (Wildman–Crippen LogP) is 1.58. The molecule has 0 radical (unpaired) electrons. The molecule has 3 heteroatoms. The van der Waals surface area contributed by atoms with Crippen LogP contribution in [-0.4, -0.2) is 26.2 Å². The molecule has 1 aliphatic rings. The van der Waals surface area contributed by atoms with Crippen LogP contribution in [0.2, 0.25) is 0 Å². The van der Waals surface area contributed by atoms with E-state index >= 15 is 0 Å². The quantitative estimate of drug-likeness (QED) is 0.521. The van der Waals surface area contributed by atoms with Crippen molar-refractivity contribution in [2.45, 2.75) is 32.6 Å². The summed E-state index contributed by atoms with van der Waals surface area (Å²) in [4.78, 5) is 11.0. The average molecular weight is 199 g/mol. The van der Waals surface area contributed by atoms with Crippen LogP contribution < -0.4 is 5.32 Å². The van der Waals surface area contributed by atoms with Crippen molar-refractivity contribution in [3.05, 3.63) is 0 Å². The zero-order valence-electron chi connectivity index (χ0n) is 9.21. The second-order valence-corrected chi connectivity index (χ2v) is 4.21. The molecule has 82 valence electrons. The maximum Gasteiger partial charge on any atom is 0.309 e. The fraction of sp³-hybridized carbons (Fsp3) is 0.909. The fourth-order valence-corrected chi connectivity index (χ4v) is 1.69.